The number of sulfonamides is 1. The zero-order valence-corrected chi connectivity index (χ0v) is 13.0. The highest BCUT2D eigenvalue weighted by atomic mass is 32.2. The molecule has 2 aromatic rings. The minimum absolute atomic E-state index is 0.0697. The number of nitrogens with one attached hydrogen (secondary N) is 1. The molecule has 124 valence electrons. The molecule has 0 radical (unpaired) electrons. The number of hydrogen-bond donors (Lipinski definition) is 1. The molecule has 0 spiro atoms. The molecule has 0 aliphatic heterocycles. The smallest absolute Gasteiger partial charge is 0.245 e. The second-order valence-electron chi connectivity index (χ2n) is 4.74. The van der Waals surface area contributed by atoms with Gasteiger partial charge in [-0.25, -0.2) is 21.5 Å². The van der Waals surface area contributed by atoms with Crippen molar-refractivity contribution in [2.75, 3.05) is 22.4 Å². The third kappa shape index (κ3) is 4.25. The van der Waals surface area contributed by atoms with Crippen molar-refractivity contribution in [2.45, 2.75) is 6.92 Å². The number of rotatable bonds is 5. The van der Waals surface area contributed by atoms with Gasteiger partial charge in [0.25, 0.3) is 0 Å². The number of aromatic nitrogens is 1. The van der Waals surface area contributed by atoms with Gasteiger partial charge < -0.3 is 9.84 Å². The van der Waals surface area contributed by atoms with E-state index in [4.69, 9.17) is 4.52 Å². The zero-order valence-electron chi connectivity index (χ0n) is 12.2. The summed E-state index contributed by atoms with van der Waals surface area (Å²) in [6, 6.07) is 3.94. The highest BCUT2D eigenvalue weighted by Crippen LogP contribution is 2.18. The monoisotopic (exact) mass is 345 g/mol. The van der Waals surface area contributed by atoms with Gasteiger partial charge in [0.1, 0.15) is 23.9 Å². The summed E-state index contributed by atoms with van der Waals surface area (Å²) < 4.78 is 55.4. The lowest BCUT2D eigenvalue weighted by molar-refractivity contribution is -0.114. The Morgan fingerprint density at radius 2 is 2.04 bits per heavy atom. The molecule has 1 aromatic carbocycles. The minimum Gasteiger partial charge on any atom is -0.360 e. The molecule has 0 saturated carbocycles. The van der Waals surface area contributed by atoms with Crippen LogP contribution < -0.4 is 9.62 Å². The van der Waals surface area contributed by atoms with E-state index in [0.29, 0.717) is 16.1 Å². The van der Waals surface area contributed by atoms with Crippen LogP contribution in [-0.4, -0.2) is 32.3 Å². The van der Waals surface area contributed by atoms with Gasteiger partial charge in [-0.15, -0.1) is 0 Å². The van der Waals surface area contributed by atoms with Crippen LogP contribution >= 0.6 is 0 Å². The van der Waals surface area contributed by atoms with Crippen molar-refractivity contribution in [3.8, 4) is 0 Å². The molecule has 7 nitrogen and oxygen atoms in total. The Morgan fingerprint density at radius 3 is 2.57 bits per heavy atom. The van der Waals surface area contributed by atoms with Crippen molar-refractivity contribution in [3.05, 3.63) is 41.7 Å². The second kappa shape index (κ2) is 6.32. The Bertz CT molecular complexity index is 835. The summed E-state index contributed by atoms with van der Waals surface area (Å²) >= 11 is 0. The van der Waals surface area contributed by atoms with Crippen LogP contribution in [0, 0.1) is 18.6 Å². The van der Waals surface area contributed by atoms with Crippen LogP contribution in [-0.2, 0) is 14.8 Å². The number of aryl methyl sites for hydroxylation is 1. The molecular formula is C13H13F2N3O4S. The lowest BCUT2D eigenvalue weighted by atomic mass is 10.3. The summed E-state index contributed by atoms with van der Waals surface area (Å²) in [5, 5.41) is 5.71. The van der Waals surface area contributed by atoms with Crippen molar-refractivity contribution in [1.29, 1.82) is 0 Å². The van der Waals surface area contributed by atoms with E-state index in [1.807, 2.05) is 0 Å². The van der Waals surface area contributed by atoms with E-state index in [1.54, 1.807) is 6.92 Å². The molecule has 1 aromatic heterocycles. The first-order chi connectivity index (χ1) is 10.7. The number of carbonyl (C=O) groups excluding carboxylic acids is 1. The molecule has 0 saturated heterocycles. The van der Waals surface area contributed by atoms with Gasteiger partial charge in [0, 0.05) is 12.1 Å². The van der Waals surface area contributed by atoms with E-state index >= 15 is 0 Å². The highest BCUT2D eigenvalue weighted by molar-refractivity contribution is 7.92. The fourth-order valence-electron chi connectivity index (χ4n) is 1.75. The van der Waals surface area contributed by atoms with Gasteiger partial charge in [0.05, 0.1) is 11.9 Å². The van der Waals surface area contributed by atoms with Gasteiger partial charge in [-0.2, -0.15) is 0 Å². The topological polar surface area (TPSA) is 92.5 Å². The van der Waals surface area contributed by atoms with Crippen LogP contribution in [0.5, 0.6) is 0 Å². The first-order valence-electron chi connectivity index (χ1n) is 6.33. The maximum absolute atomic E-state index is 13.5. The summed E-state index contributed by atoms with van der Waals surface area (Å²) in [6.07, 6.45) is 0.892. The lowest BCUT2D eigenvalue weighted by Gasteiger charge is -2.18. The van der Waals surface area contributed by atoms with Crippen molar-refractivity contribution >= 4 is 27.4 Å². The fourth-order valence-corrected chi connectivity index (χ4v) is 2.53. The largest absolute Gasteiger partial charge is 0.360 e. The quantitative estimate of drug-likeness (QED) is 0.890. The van der Waals surface area contributed by atoms with Crippen molar-refractivity contribution in [3.63, 3.8) is 0 Å². The summed E-state index contributed by atoms with van der Waals surface area (Å²) in [4.78, 5) is 12.0. The first-order valence-corrected chi connectivity index (χ1v) is 8.17. The number of benzene rings is 1. The van der Waals surface area contributed by atoms with Crippen LogP contribution in [0.3, 0.4) is 0 Å². The molecule has 1 heterocycles. The maximum Gasteiger partial charge on any atom is 0.245 e. The molecule has 0 unspecified atom stereocenters. The van der Waals surface area contributed by atoms with Gasteiger partial charge in [-0.05, 0) is 19.1 Å². The van der Waals surface area contributed by atoms with Crippen LogP contribution in [0.25, 0.3) is 0 Å². The standard InChI is InChI=1S/C13H13F2N3O4S/c1-8-5-12(17-22-8)18(23(2,20)21)7-13(19)16-11-4-3-9(14)6-10(11)15/h3-6H,7H2,1-2H3,(H,16,19). The molecular weight excluding hydrogens is 332 g/mol. The lowest BCUT2D eigenvalue weighted by Crippen LogP contribution is -2.37. The predicted octanol–water partition coefficient (Wildman–Crippen LogP) is 1.67. The molecule has 23 heavy (non-hydrogen) atoms. The first kappa shape index (κ1) is 16.9. The Kier molecular flexibility index (Phi) is 4.64. The number of halogens is 2. The molecule has 0 aliphatic rings. The van der Waals surface area contributed by atoms with E-state index in [1.165, 1.54) is 6.07 Å². The van der Waals surface area contributed by atoms with Crippen LogP contribution in [0.15, 0.2) is 28.8 Å². The van der Waals surface area contributed by atoms with Crippen LogP contribution in [0.2, 0.25) is 0 Å². The molecule has 2 rings (SSSR count). The molecule has 1 N–H and O–H groups in total. The van der Waals surface area contributed by atoms with E-state index in [9.17, 15) is 22.0 Å². The zero-order chi connectivity index (χ0) is 17.2. The van der Waals surface area contributed by atoms with Gasteiger partial charge in [0.2, 0.25) is 15.9 Å². The van der Waals surface area contributed by atoms with E-state index < -0.39 is 34.1 Å². The SMILES string of the molecule is Cc1cc(N(CC(=O)Nc2ccc(F)cc2F)S(C)(=O)=O)no1. The third-order valence-electron chi connectivity index (χ3n) is 2.76. The maximum atomic E-state index is 13.5. The normalized spacial score (nSPS) is 11.3. The van der Waals surface area contributed by atoms with Crippen LogP contribution in [0.4, 0.5) is 20.3 Å². The average Bonchev–Trinajstić information content (AvgIpc) is 2.84. The number of hydrogen-bond acceptors (Lipinski definition) is 5. The van der Waals surface area contributed by atoms with Crippen molar-refractivity contribution in [2.24, 2.45) is 0 Å². The minimum atomic E-state index is -3.81. The van der Waals surface area contributed by atoms with Gasteiger partial charge in [-0.3, -0.25) is 4.79 Å². The summed E-state index contributed by atoms with van der Waals surface area (Å²) in [5.41, 5.74) is -0.263. The number of anilines is 2. The summed E-state index contributed by atoms with van der Waals surface area (Å²) in [6.45, 7) is 0.923. The third-order valence-corrected chi connectivity index (χ3v) is 3.88. The highest BCUT2D eigenvalue weighted by Gasteiger charge is 2.24. The summed E-state index contributed by atoms with van der Waals surface area (Å²) in [5.74, 6) is -2.29. The van der Waals surface area contributed by atoms with E-state index in [2.05, 4.69) is 10.5 Å². The molecule has 1 amide bonds. The Balaban J connectivity index is 2.18. The Hall–Kier alpha value is -2.49. The second-order valence-corrected chi connectivity index (χ2v) is 6.64. The van der Waals surface area contributed by atoms with Crippen molar-refractivity contribution in [1.82, 2.24) is 5.16 Å². The number of carbonyl (C=O) groups is 1. The van der Waals surface area contributed by atoms with E-state index in [-0.39, 0.29) is 11.5 Å². The fraction of sp³-hybridized carbons (Fsp3) is 0.231. The molecule has 0 atom stereocenters. The molecule has 0 bridgehead atoms. The summed E-state index contributed by atoms with van der Waals surface area (Å²) in [7, 11) is -3.81. The Morgan fingerprint density at radius 1 is 1.35 bits per heavy atom. The molecule has 0 aliphatic carbocycles. The van der Waals surface area contributed by atoms with Gasteiger partial charge in [0.15, 0.2) is 5.82 Å². The Labute approximate surface area is 130 Å². The average molecular weight is 345 g/mol. The number of nitrogens with zero attached hydrogens (tertiary/aromatic N) is 2. The van der Waals surface area contributed by atoms with Gasteiger partial charge >= 0.3 is 0 Å². The van der Waals surface area contributed by atoms with Crippen molar-refractivity contribution < 1.29 is 26.5 Å². The van der Waals surface area contributed by atoms with Gasteiger partial charge in [-0.1, -0.05) is 5.16 Å². The number of amides is 1. The van der Waals surface area contributed by atoms with E-state index in [0.717, 1.165) is 18.4 Å². The molecule has 10 heteroatoms. The van der Waals surface area contributed by atoms with Crippen LogP contribution in [0.1, 0.15) is 5.76 Å². The predicted molar refractivity (Wildman–Crippen MR) is 78.4 cm³/mol. The molecule has 0 fully saturated rings.